The summed E-state index contributed by atoms with van der Waals surface area (Å²) >= 11 is 12.2. The fraction of sp³-hybridized carbons (Fsp3) is 0.381. The van der Waals surface area contributed by atoms with Crippen molar-refractivity contribution in [1.29, 1.82) is 0 Å². The highest BCUT2D eigenvalue weighted by atomic mass is 35.5. The molecule has 0 aliphatic carbocycles. The Labute approximate surface area is 181 Å². The molecule has 0 spiro atoms. The molecule has 0 bridgehead atoms. The number of nitrogens with zero attached hydrogens (tertiary/aromatic N) is 2. The standard InChI is InChI=1S/C21H25Cl2N3O3/c1-28-18-5-2-16(3-6-18)15-26(9-8-25-10-12-29-13-11-25)21(27)24-20-7-4-17(22)14-19(20)23/h2-7,14H,8-13,15H2,1H3,(H,24,27). The van der Waals surface area contributed by atoms with Gasteiger partial charge in [0.05, 0.1) is 31.0 Å². The molecule has 2 aromatic rings. The monoisotopic (exact) mass is 437 g/mol. The molecule has 0 aromatic heterocycles. The maximum absolute atomic E-state index is 13.0. The van der Waals surface area contributed by atoms with Gasteiger partial charge in [0.2, 0.25) is 0 Å². The Morgan fingerprint density at radius 2 is 1.90 bits per heavy atom. The van der Waals surface area contributed by atoms with Gasteiger partial charge in [0.1, 0.15) is 5.75 Å². The maximum atomic E-state index is 13.0. The molecule has 0 unspecified atom stereocenters. The summed E-state index contributed by atoms with van der Waals surface area (Å²) in [6.45, 7) is 5.05. The van der Waals surface area contributed by atoms with E-state index in [4.69, 9.17) is 32.7 Å². The van der Waals surface area contributed by atoms with Gasteiger partial charge < -0.3 is 19.7 Å². The van der Waals surface area contributed by atoms with Crippen LogP contribution in [0.1, 0.15) is 5.56 Å². The van der Waals surface area contributed by atoms with Gasteiger partial charge in [-0.3, -0.25) is 4.90 Å². The number of rotatable bonds is 7. The van der Waals surface area contributed by atoms with E-state index in [1.807, 2.05) is 24.3 Å². The van der Waals surface area contributed by atoms with Crippen molar-refractivity contribution in [3.63, 3.8) is 0 Å². The maximum Gasteiger partial charge on any atom is 0.322 e. The number of methoxy groups -OCH3 is 1. The van der Waals surface area contributed by atoms with Crippen molar-refractivity contribution in [3.05, 3.63) is 58.1 Å². The van der Waals surface area contributed by atoms with Gasteiger partial charge in [0, 0.05) is 37.7 Å². The summed E-state index contributed by atoms with van der Waals surface area (Å²) in [4.78, 5) is 17.1. The zero-order valence-corrected chi connectivity index (χ0v) is 17.9. The molecule has 0 saturated carbocycles. The smallest absolute Gasteiger partial charge is 0.322 e. The number of morpholine rings is 1. The van der Waals surface area contributed by atoms with Crippen LogP contribution in [0, 0.1) is 0 Å². The summed E-state index contributed by atoms with van der Waals surface area (Å²) in [5.74, 6) is 0.783. The lowest BCUT2D eigenvalue weighted by Crippen LogP contribution is -2.44. The van der Waals surface area contributed by atoms with E-state index < -0.39 is 0 Å². The summed E-state index contributed by atoms with van der Waals surface area (Å²) in [6.07, 6.45) is 0. The molecule has 1 fully saturated rings. The lowest BCUT2D eigenvalue weighted by Gasteiger charge is -2.30. The first kappa shape index (κ1) is 21.7. The quantitative estimate of drug-likeness (QED) is 0.698. The Bertz CT molecular complexity index is 811. The number of nitrogens with one attached hydrogen (secondary N) is 1. The van der Waals surface area contributed by atoms with Crippen LogP contribution in [0.4, 0.5) is 10.5 Å². The fourth-order valence-electron chi connectivity index (χ4n) is 3.08. The van der Waals surface area contributed by atoms with Crippen molar-refractivity contribution in [2.75, 3.05) is 51.8 Å². The molecule has 29 heavy (non-hydrogen) atoms. The minimum absolute atomic E-state index is 0.210. The molecule has 3 rings (SSSR count). The number of carbonyl (C=O) groups excluding carboxylic acids is 1. The molecule has 156 valence electrons. The molecule has 1 heterocycles. The summed E-state index contributed by atoms with van der Waals surface area (Å²) < 4.78 is 10.6. The van der Waals surface area contributed by atoms with Crippen LogP contribution in [0.5, 0.6) is 5.75 Å². The number of amides is 2. The topological polar surface area (TPSA) is 54.0 Å². The summed E-state index contributed by atoms with van der Waals surface area (Å²) in [6, 6.07) is 12.5. The average Bonchev–Trinajstić information content (AvgIpc) is 2.74. The van der Waals surface area contributed by atoms with Gasteiger partial charge in [-0.25, -0.2) is 4.79 Å². The molecule has 6 nitrogen and oxygen atoms in total. The van der Waals surface area contributed by atoms with Crippen molar-refractivity contribution in [2.45, 2.75) is 6.54 Å². The normalized spacial score (nSPS) is 14.4. The highest BCUT2D eigenvalue weighted by Crippen LogP contribution is 2.26. The van der Waals surface area contributed by atoms with Gasteiger partial charge in [-0.1, -0.05) is 35.3 Å². The molecular formula is C21H25Cl2N3O3. The Hall–Kier alpha value is -1.99. The number of carbonyl (C=O) groups is 1. The SMILES string of the molecule is COc1ccc(CN(CCN2CCOCC2)C(=O)Nc2ccc(Cl)cc2Cl)cc1. The van der Waals surface area contributed by atoms with Gasteiger partial charge in [-0.05, 0) is 35.9 Å². The van der Waals surface area contributed by atoms with Gasteiger partial charge in [-0.2, -0.15) is 0 Å². The predicted molar refractivity (Wildman–Crippen MR) is 116 cm³/mol. The third-order valence-corrected chi connectivity index (χ3v) is 5.33. The second kappa shape index (κ2) is 10.7. The lowest BCUT2D eigenvalue weighted by atomic mass is 10.2. The number of anilines is 1. The molecule has 8 heteroatoms. The summed E-state index contributed by atoms with van der Waals surface area (Å²) in [7, 11) is 1.63. The minimum Gasteiger partial charge on any atom is -0.497 e. The van der Waals surface area contributed by atoms with E-state index >= 15 is 0 Å². The minimum atomic E-state index is -0.210. The third kappa shape index (κ3) is 6.51. The van der Waals surface area contributed by atoms with Crippen molar-refractivity contribution >= 4 is 34.9 Å². The number of urea groups is 1. The highest BCUT2D eigenvalue weighted by molar-refractivity contribution is 6.36. The van der Waals surface area contributed by atoms with Gasteiger partial charge in [0.25, 0.3) is 0 Å². The van der Waals surface area contributed by atoms with Crippen molar-refractivity contribution in [2.24, 2.45) is 0 Å². The molecule has 2 amide bonds. The summed E-state index contributed by atoms with van der Waals surface area (Å²) in [5.41, 5.74) is 1.55. The van der Waals surface area contributed by atoms with Crippen LogP contribution in [0.15, 0.2) is 42.5 Å². The van der Waals surface area contributed by atoms with Crippen molar-refractivity contribution in [1.82, 2.24) is 9.80 Å². The number of halogens is 2. The van der Waals surface area contributed by atoms with Crippen LogP contribution in [0.2, 0.25) is 10.0 Å². The molecule has 2 aromatic carbocycles. The Kier molecular flexibility index (Phi) is 8.00. The highest BCUT2D eigenvalue weighted by Gasteiger charge is 2.18. The second-order valence-electron chi connectivity index (χ2n) is 6.78. The van der Waals surface area contributed by atoms with Crippen LogP contribution < -0.4 is 10.1 Å². The van der Waals surface area contributed by atoms with Gasteiger partial charge in [-0.15, -0.1) is 0 Å². The van der Waals surface area contributed by atoms with E-state index in [9.17, 15) is 4.79 Å². The average molecular weight is 438 g/mol. The van der Waals surface area contributed by atoms with E-state index in [1.54, 1.807) is 30.2 Å². The van der Waals surface area contributed by atoms with Gasteiger partial charge >= 0.3 is 6.03 Å². The molecule has 0 radical (unpaired) electrons. The number of hydrogen-bond donors (Lipinski definition) is 1. The molecule has 0 atom stereocenters. The van der Waals surface area contributed by atoms with E-state index in [2.05, 4.69) is 10.2 Å². The summed E-state index contributed by atoms with van der Waals surface area (Å²) in [5, 5.41) is 3.83. The lowest BCUT2D eigenvalue weighted by molar-refractivity contribution is 0.0349. The Morgan fingerprint density at radius 1 is 1.17 bits per heavy atom. The van der Waals surface area contributed by atoms with Crippen LogP contribution in [-0.4, -0.2) is 62.3 Å². The van der Waals surface area contributed by atoms with Crippen molar-refractivity contribution < 1.29 is 14.3 Å². The molecule has 1 saturated heterocycles. The Morgan fingerprint density at radius 3 is 2.55 bits per heavy atom. The number of ether oxygens (including phenoxy) is 2. The van der Waals surface area contributed by atoms with Gasteiger partial charge in [0.15, 0.2) is 0 Å². The zero-order chi connectivity index (χ0) is 20.6. The zero-order valence-electron chi connectivity index (χ0n) is 16.4. The largest absolute Gasteiger partial charge is 0.497 e. The van der Waals surface area contributed by atoms with E-state index in [-0.39, 0.29) is 6.03 Å². The first-order valence-corrected chi connectivity index (χ1v) is 10.2. The van der Waals surface area contributed by atoms with Crippen LogP contribution in [-0.2, 0) is 11.3 Å². The molecular weight excluding hydrogens is 413 g/mol. The van der Waals surface area contributed by atoms with Crippen molar-refractivity contribution in [3.8, 4) is 5.75 Å². The number of benzene rings is 2. The fourth-order valence-corrected chi connectivity index (χ4v) is 3.53. The van der Waals surface area contributed by atoms with Crippen LogP contribution in [0.3, 0.4) is 0 Å². The van der Waals surface area contributed by atoms with E-state index in [1.165, 1.54) is 0 Å². The van der Waals surface area contributed by atoms with E-state index in [0.29, 0.717) is 28.8 Å². The number of hydrogen-bond acceptors (Lipinski definition) is 4. The third-order valence-electron chi connectivity index (χ3n) is 4.78. The van der Waals surface area contributed by atoms with Crippen LogP contribution >= 0.6 is 23.2 Å². The molecule has 1 aliphatic heterocycles. The first-order chi connectivity index (χ1) is 14.0. The molecule has 1 aliphatic rings. The predicted octanol–water partition coefficient (Wildman–Crippen LogP) is 4.37. The van der Waals surface area contributed by atoms with E-state index in [0.717, 1.165) is 44.2 Å². The first-order valence-electron chi connectivity index (χ1n) is 9.49. The van der Waals surface area contributed by atoms with Crippen LogP contribution in [0.25, 0.3) is 0 Å². The second-order valence-corrected chi connectivity index (χ2v) is 7.62. The molecule has 1 N–H and O–H groups in total. The Balaban J connectivity index is 1.69.